The molecule has 2 atom stereocenters. The second-order valence-electron chi connectivity index (χ2n) is 6.02. The van der Waals surface area contributed by atoms with E-state index in [2.05, 4.69) is 39.1 Å². The molecule has 0 bridgehead atoms. The fourth-order valence-corrected chi connectivity index (χ4v) is 4.09. The van der Waals surface area contributed by atoms with Gasteiger partial charge in [-0.2, -0.15) is 0 Å². The van der Waals surface area contributed by atoms with E-state index in [9.17, 15) is 0 Å². The molecule has 2 unspecified atom stereocenters. The first-order valence-corrected chi connectivity index (χ1v) is 8.14. The van der Waals surface area contributed by atoms with Crippen LogP contribution in [0.15, 0.2) is 22.7 Å². The zero-order valence-corrected chi connectivity index (χ0v) is 12.9. The van der Waals surface area contributed by atoms with Gasteiger partial charge in [-0.05, 0) is 30.9 Å². The van der Waals surface area contributed by atoms with Gasteiger partial charge in [0.05, 0.1) is 5.69 Å². The lowest BCUT2D eigenvalue weighted by molar-refractivity contribution is 0.383. The Morgan fingerprint density at radius 2 is 2.20 bits per heavy atom. The number of aromatic amines is 1. The Kier molecular flexibility index (Phi) is 2.97. The number of nitrogens with two attached hydrogens (primary N) is 1. The monoisotopic (exact) mass is 331 g/mol. The van der Waals surface area contributed by atoms with Gasteiger partial charge in [-0.15, -0.1) is 0 Å². The molecule has 1 fully saturated rings. The van der Waals surface area contributed by atoms with Crippen LogP contribution in [-0.4, -0.2) is 16.0 Å². The predicted octanol–water partition coefficient (Wildman–Crippen LogP) is 3.73. The first-order chi connectivity index (χ1) is 9.72. The summed E-state index contributed by atoms with van der Waals surface area (Å²) in [6.07, 6.45) is 5.62. The highest BCUT2D eigenvalue weighted by Crippen LogP contribution is 2.40. The summed E-state index contributed by atoms with van der Waals surface area (Å²) >= 11 is 3.64. The lowest BCUT2D eigenvalue weighted by Crippen LogP contribution is -2.27. The van der Waals surface area contributed by atoms with Crippen LogP contribution in [0.5, 0.6) is 0 Å². The van der Waals surface area contributed by atoms with Gasteiger partial charge in [0.15, 0.2) is 0 Å². The maximum atomic E-state index is 6.10. The Hall–Kier alpha value is -1.13. The van der Waals surface area contributed by atoms with E-state index in [0.717, 1.165) is 30.8 Å². The Morgan fingerprint density at radius 1 is 1.30 bits per heavy atom. The molecule has 2 aliphatic carbocycles. The first-order valence-electron chi connectivity index (χ1n) is 7.34. The molecule has 4 heteroatoms. The van der Waals surface area contributed by atoms with Crippen molar-refractivity contribution in [2.45, 2.75) is 44.1 Å². The summed E-state index contributed by atoms with van der Waals surface area (Å²) < 4.78 is 1.18. The summed E-state index contributed by atoms with van der Waals surface area (Å²) in [6.45, 7) is 0. The van der Waals surface area contributed by atoms with Crippen LogP contribution in [-0.2, 0) is 6.42 Å². The van der Waals surface area contributed by atoms with E-state index in [1.807, 2.05) is 0 Å². The molecule has 3 nitrogen and oxygen atoms in total. The highest BCUT2D eigenvalue weighted by atomic mass is 79.9. The number of rotatable bonds is 1. The van der Waals surface area contributed by atoms with Gasteiger partial charge in [0.2, 0.25) is 0 Å². The second kappa shape index (κ2) is 4.71. The summed E-state index contributed by atoms with van der Waals surface area (Å²) in [5, 5.41) is 0. The number of fused-ring (bicyclic) bond motifs is 3. The number of hydrogen-bond donors (Lipinski definition) is 2. The summed E-state index contributed by atoms with van der Waals surface area (Å²) in [5.74, 6) is 1.66. The zero-order valence-electron chi connectivity index (χ0n) is 11.3. The molecule has 0 aliphatic heterocycles. The number of halogens is 1. The largest absolute Gasteiger partial charge is 0.345 e. The van der Waals surface area contributed by atoms with E-state index < -0.39 is 0 Å². The summed E-state index contributed by atoms with van der Waals surface area (Å²) in [4.78, 5) is 8.47. The molecule has 20 heavy (non-hydrogen) atoms. The van der Waals surface area contributed by atoms with Crippen molar-refractivity contribution in [3.63, 3.8) is 0 Å². The quantitative estimate of drug-likeness (QED) is 0.713. The van der Waals surface area contributed by atoms with Gasteiger partial charge in [0, 0.05) is 34.1 Å². The number of H-pyrrole nitrogens is 1. The third-order valence-corrected chi connectivity index (χ3v) is 5.37. The summed E-state index contributed by atoms with van der Waals surface area (Å²) in [6, 6.07) is 6.70. The minimum absolute atomic E-state index is 0.343. The van der Waals surface area contributed by atoms with Crippen molar-refractivity contribution in [1.82, 2.24) is 9.97 Å². The number of benzene rings is 1. The average molecular weight is 332 g/mol. The third-order valence-electron chi connectivity index (χ3n) is 4.63. The summed E-state index contributed by atoms with van der Waals surface area (Å²) in [7, 11) is 0. The molecule has 1 heterocycles. The average Bonchev–Trinajstić information content (AvgIpc) is 2.98. The van der Waals surface area contributed by atoms with Crippen LogP contribution in [0.4, 0.5) is 0 Å². The van der Waals surface area contributed by atoms with Crippen LogP contribution >= 0.6 is 15.9 Å². The molecule has 1 aromatic carbocycles. The van der Waals surface area contributed by atoms with Crippen molar-refractivity contribution in [2.24, 2.45) is 5.73 Å². The van der Waals surface area contributed by atoms with E-state index in [1.165, 1.54) is 34.1 Å². The number of aromatic nitrogens is 2. The molecule has 0 saturated heterocycles. The summed E-state index contributed by atoms with van der Waals surface area (Å²) in [5.41, 5.74) is 11.1. The molecule has 104 valence electrons. The number of nitrogens with zero attached hydrogens (tertiary/aromatic N) is 1. The fraction of sp³-hybridized carbons (Fsp3) is 0.438. The molecule has 1 saturated carbocycles. The minimum atomic E-state index is 0.343. The minimum Gasteiger partial charge on any atom is -0.345 e. The number of hydrogen-bond acceptors (Lipinski definition) is 2. The number of imidazole rings is 1. The molecular formula is C16H18BrN3. The normalized spacial score (nSPS) is 24.5. The van der Waals surface area contributed by atoms with Crippen LogP contribution in [0, 0.1) is 0 Å². The standard InChI is InChI=1S/C16H18BrN3/c17-13-6-2-5-11-12(13)8-14-15(11)20-16(19-14)9-3-1-4-10(18)7-9/h2,5-6,9-10H,1,3-4,7-8,18H2,(H,19,20). The Bertz CT molecular complexity index is 662. The molecule has 3 N–H and O–H groups in total. The second-order valence-corrected chi connectivity index (χ2v) is 6.87. The Labute approximate surface area is 127 Å². The molecule has 2 aliphatic rings. The van der Waals surface area contributed by atoms with Crippen molar-refractivity contribution in [2.75, 3.05) is 0 Å². The van der Waals surface area contributed by atoms with Crippen LogP contribution in [0.2, 0.25) is 0 Å². The molecule has 0 spiro atoms. The molecule has 2 aromatic rings. The van der Waals surface area contributed by atoms with Crippen molar-refractivity contribution >= 4 is 15.9 Å². The first kappa shape index (κ1) is 12.6. The lowest BCUT2D eigenvalue weighted by Gasteiger charge is -2.25. The van der Waals surface area contributed by atoms with Gasteiger partial charge in [0.25, 0.3) is 0 Å². The lowest BCUT2D eigenvalue weighted by atomic mass is 9.86. The SMILES string of the molecule is NC1CCCC(c2nc3c([nH]2)Cc2c(Br)cccc2-3)C1. The van der Waals surface area contributed by atoms with Crippen LogP contribution in [0.1, 0.15) is 48.7 Å². The van der Waals surface area contributed by atoms with Gasteiger partial charge >= 0.3 is 0 Å². The number of nitrogens with one attached hydrogen (secondary N) is 1. The highest BCUT2D eigenvalue weighted by Gasteiger charge is 2.28. The van der Waals surface area contributed by atoms with Crippen LogP contribution < -0.4 is 5.73 Å². The molecule has 0 amide bonds. The molecule has 1 aromatic heterocycles. The van der Waals surface area contributed by atoms with Crippen molar-refractivity contribution < 1.29 is 0 Å². The smallest absolute Gasteiger partial charge is 0.110 e. The van der Waals surface area contributed by atoms with E-state index in [4.69, 9.17) is 10.7 Å². The van der Waals surface area contributed by atoms with Crippen molar-refractivity contribution in [1.29, 1.82) is 0 Å². The van der Waals surface area contributed by atoms with Gasteiger partial charge in [-0.25, -0.2) is 4.98 Å². The van der Waals surface area contributed by atoms with E-state index >= 15 is 0 Å². The van der Waals surface area contributed by atoms with Gasteiger partial charge in [-0.1, -0.05) is 34.5 Å². The van der Waals surface area contributed by atoms with Crippen molar-refractivity contribution in [3.05, 3.63) is 39.8 Å². The van der Waals surface area contributed by atoms with E-state index in [-0.39, 0.29) is 0 Å². The molecule has 0 radical (unpaired) electrons. The van der Waals surface area contributed by atoms with Crippen LogP contribution in [0.3, 0.4) is 0 Å². The van der Waals surface area contributed by atoms with E-state index in [0.29, 0.717) is 12.0 Å². The topological polar surface area (TPSA) is 54.7 Å². The maximum absolute atomic E-state index is 6.10. The Balaban J connectivity index is 1.70. The van der Waals surface area contributed by atoms with Gasteiger partial charge in [0.1, 0.15) is 5.82 Å². The van der Waals surface area contributed by atoms with Gasteiger partial charge in [-0.3, -0.25) is 0 Å². The predicted molar refractivity (Wildman–Crippen MR) is 83.7 cm³/mol. The molecule has 4 rings (SSSR count). The van der Waals surface area contributed by atoms with E-state index in [1.54, 1.807) is 0 Å². The Morgan fingerprint density at radius 3 is 3.05 bits per heavy atom. The van der Waals surface area contributed by atoms with Crippen LogP contribution in [0.25, 0.3) is 11.3 Å². The van der Waals surface area contributed by atoms with Gasteiger partial charge < -0.3 is 10.7 Å². The zero-order chi connectivity index (χ0) is 13.7. The molecular weight excluding hydrogens is 314 g/mol. The fourth-order valence-electron chi connectivity index (χ4n) is 3.59. The maximum Gasteiger partial charge on any atom is 0.110 e. The third kappa shape index (κ3) is 1.93. The van der Waals surface area contributed by atoms with Crippen molar-refractivity contribution in [3.8, 4) is 11.3 Å². The highest BCUT2D eigenvalue weighted by molar-refractivity contribution is 9.10.